The van der Waals surface area contributed by atoms with Crippen molar-refractivity contribution in [1.29, 1.82) is 0 Å². The number of nitrogens with zero attached hydrogens (tertiary/aromatic N) is 2. The third-order valence-electron chi connectivity index (χ3n) is 13.2. The second kappa shape index (κ2) is 12.9. The summed E-state index contributed by atoms with van der Waals surface area (Å²) < 4.78 is 0. The van der Waals surface area contributed by atoms with E-state index in [0.29, 0.717) is 0 Å². The molecule has 280 valence electrons. The van der Waals surface area contributed by atoms with E-state index in [9.17, 15) is 0 Å². The lowest BCUT2D eigenvalue weighted by atomic mass is 9.81. The van der Waals surface area contributed by atoms with Gasteiger partial charge in [-0.25, -0.2) is 0 Å². The first-order valence-electron chi connectivity index (χ1n) is 20.8. The maximum Gasteiger partial charge on any atom is 0.0497 e. The van der Waals surface area contributed by atoms with Gasteiger partial charge >= 0.3 is 0 Å². The van der Waals surface area contributed by atoms with Crippen LogP contribution in [-0.4, -0.2) is 0 Å². The van der Waals surface area contributed by atoms with Crippen LogP contribution in [-0.2, 0) is 18.3 Å². The van der Waals surface area contributed by atoms with Gasteiger partial charge in [-0.05, 0) is 132 Å². The van der Waals surface area contributed by atoms with E-state index < -0.39 is 0 Å². The lowest BCUT2D eigenvalue weighted by Crippen LogP contribution is -2.20. The molecule has 0 radical (unpaired) electrons. The van der Waals surface area contributed by atoms with Crippen LogP contribution in [0.5, 0.6) is 0 Å². The van der Waals surface area contributed by atoms with Crippen molar-refractivity contribution in [2.45, 2.75) is 32.1 Å². The van der Waals surface area contributed by atoms with E-state index in [2.05, 4.69) is 218 Å². The molecule has 0 unspecified atom stereocenters. The Morgan fingerprint density at radius 3 is 1.36 bits per heavy atom. The van der Waals surface area contributed by atoms with Crippen LogP contribution in [0, 0.1) is 0 Å². The summed E-state index contributed by atoms with van der Waals surface area (Å²) in [4.78, 5) is 4.88. The van der Waals surface area contributed by atoms with E-state index in [0.717, 1.165) is 12.8 Å². The van der Waals surface area contributed by atoms with Crippen LogP contribution in [0.4, 0.5) is 34.1 Å². The first-order chi connectivity index (χ1) is 29.0. The first kappa shape index (κ1) is 33.9. The van der Waals surface area contributed by atoms with Crippen molar-refractivity contribution in [2.24, 2.45) is 0 Å². The third-order valence-corrected chi connectivity index (χ3v) is 13.2. The zero-order valence-corrected chi connectivity index (χ0v) is 33.3. The molecule has 59 heavy (non-hydrogen) atoms. The van der Waals surface area contributed by atoms with Crippen LogP contribution in [0.15, 0.2) is 182 Å². The van der Waals surface area contributed by atoms with Crippen molar-refractivity contribution in [1.82, 2.24) is 0 Å². The van der Waals surface area contributed by atoms with E-state index in [4.69, 9.17) is 0 Å². The molecular weight excluding hydrogens is 713 g/mol. The van der Waals surface area contributed by atoms with Crippen LogP contribution < -0.4 is 9.80 Å². The molecule has 3 aliphatic rings. The largest absolute Gasteiger partial charge is 0.310 e. The van der Waals surface area contributed by atoms with Crippen molar-refractivity contribution in [3.05, 3.63) is 226 Å². The molecule has 12 rings (SSSR count). The highest BCUT2D eigenvalue weighted by atomic mass is 15.2. The molecule has 9 aromatic rings. The summed E-state index contributed by atoms with van der Waals surface area (Å²) in [5, 5.41) is 5.05. The Morgan fingerprint density at radius 1 is 0.390 bits per heavy atom. The molecule has 2 heterocycles. The average molecular weight is 755 g/mol. The molecule has 2 heteroatoms. The number of benzene rings is 9. The quantitative estimate of drug-likeness (QED) is 0.130. The summed E-state index contributed by atoms with van der Waals surface area (Å²) in [6, 6.07) is 67.8. The zero-order chi connectivity index (χ0) is 39.2. The van der Waals surface area contributed by atoms with Crippen LogP contribution in [0.3, 0.4) is 0 Å². The molecule has 0 aromatic heterocycles. The lowest BCUT2D eigenvalue weighted by molar-refractivity contribution is 0.660. The monoisotopic (exact) mass is 754 g/mol. The van der Waals surface area contributed by atoms with Gasteiger partial charge in [0.2, 0.25) is 0 Å². The summed E-state index contributed by atoms with van der Waals surface area (Å²) in [5.41, 5.74) is 20.6. The molecule has 9 aromatic carbocycles. The van der Waals surface area contributed by atoms with E-state index in [1.807, 2.05) is 0 Å². The Balaban J connectivity index is 0.841. The van der Waals surface area contributed by atoms with Crippen molar-refractivity contribution in [2.75, 3.05) is 9.80 Å². The van der Waals surface area contributed by atoms with Crippen LogP contribution >= 0.6 is 0 Å². The minimum absolute atomic E-state index is 0.135. The minimum atomic E-state index is -0.135. The normalized spacial score (nSPS) is 14.5. The molecule has 0 bridgehead atoms. The maximum absolute atomic E-state index is 2.46. The Bertz CT molecular complexity index is 3130. The predicted octanol–water partition coefficient (Wildman–Crippen LogP) is 15.2. The van der Waals surface area contributed by atoms with E-state index in [-0.39, 0.29) is 5.41 Å². The van der Waals surface area contributed by atoms with Gasteiger partial charge in [-0.1, -0.05) is 153 Å². The van der Waals surface area contributed by atoms with Gasteiger partial charge in [-0.3, -0.25) is 0 Å². The minimum Gasteiger partial charge on any atom is -0.310 e. The van der Waals surface area contributed by atoms with Gasteiger partial charge in [0.1, 0.15) is 0 Å². The summed E-state index contributed by atoms with van der Waals surface area (Å²) in [6.07, 6.45) is 6.46. The van der Waals surface area contributed by atoms with Gasteiger partial charge in [0.05, 0.1) is 0 Å². The summed E-state index contributed by atoms with van der Waals surface area (Å²) in [6.45, 7) is 4.77. The number of anilines is 6. The fourth-order valence-corrected chi connectivity index (χ4v) is 10.2. The van der Waals surface area contributed by atoms with Gasteiger partial charge in [0, 0.05) is 52.4 Å². The van der Waals surface area contributed by atoms with Crippen LogP contribution in [0.1, 0.15) is 58.4 Å². The van der Waals surface area contributed by atoms with Gasteiger partial charge in [-0.2, -0.15) is 0 Å². The van der Waals surface area contributed by atoms with E-state index >= 15 is 0 Å². The van der Waals surface area contributed by atoms with Crippen molar-refractivity contribution in [3.63, 3.8) is 0 Å². The summed E-state index contributed by atoms with van der Waals surface area (Å²) in [7, 11) is 0. The fourth-order valence-electron chi connectivity index (χ4n) is 10.2. The van der Waals surface area contributed by atoms with Crippen molar-refractivity contribution >= 4 is 67.8 Å². The molecule has 1 aliphatic carbocycles. The van der Waals surface area contributed by atoms with Gasteiger partial charge in [-0.15, -0.1) is 0 Å². The molecule has 0 amide bonds. The number of para-hydroxylation sites is 4. The third kappa shape index (κ3) is 5.33. The Kier molecular flexibility index (Phi) is 7.43. The summed E-state index contributed by atoms with van der Waals surface area (Å²) in [5.74, 6) is 0. The van der Waals surface area contributed by atoms with Crippen molar-refractivity contribution < 1.29 is 0 Å². The highest BCUT2D eigenvalue weighted by molar-refractivity contribution is 6.09. The maximum atomic E-state index is 2.46. The molecule has 0 fully saturated rings. The topological polar surface area (TPSA) is 6.48 Å². The molecular formula is C57H42N2. The van der Waals surface area contributed by atoms with Crippen molar-refractivity contribution in [3.8, 4) is 11.1 Å². The zero-order valence-electron chi connectivity index (χ0n) is 33.3. The van der Waals surface area contributed by atoms with Crippen LogP contribution in [0.2, 0.25) is 0 Å². The number of hydrogen-bond donors (Lipinski definition) is 0. The molecule has 0 spiro atoms. The number of hydrogen-bond acceptors (Lipinski definition) is 2. The Hall–Kier alpha value is -7.16. The molecule has 0 saturated heterocycles. The highest BCUT2D eigenvalue weighted by Gasteiger charge is 2.36. The molecule has 0 N–H and O–H groups in total. The average Bonchev–Trinajstić information content (AvgIpc) is 3.50. The fraction of sp³-hybridized carbons (Fsp3) is 0.0877. The second-order valence-electron chi connectivity index (χ2n) is 17.0. The predicted molar refractivity (Wildman–Crippen MR) is 249 cm³/mol. The highest BCUT2D eigenvalue weighted by Crippen LogP contribution is 2.52. The Labute approximate surface area is 346 Å². The van der Waals surface area contributed by atoms with Gasteiger partial charge < -0.3 is 9.80 Å². The Morgan fingerprint density at radius 2 is 0.797 bits per heavy atom. The first-order valence-corrected chi connectivity index (χ1v) is 20.8. The van der Waals surface area contributed by atoms with Gasteiger partial charge in [0.15, 0.2) is 0 Å². The smallest absolute Gasteiger partial charge is 0.0497 e. The number of fused-ring (bicyclic) bond motifs is 10. The molecule has 0 saturated carbocycles. The van der Waals surface area contributed by atoms with E-state index in [1.54, 1.807) is 0 Å². The second-order valence-corrected chi connectivity index (χ2v) is 17.0. The summed E-state index contributed by atoms with van der Waals surface area (Å²) >= 11 is 0. The van der Waals surface area contributed by atoms with Crippen LogP contribution in [0.25, 0.3) is 44.8 Å². The number of rotatable bonds is 4. The molecule has 2 aliphatic heterocycles. The van der Waals surface area contributed by atoms with E-state index in [1.165, 1.54) is 111 Å². The SMILES string of the molecule is CC1(C)c2cc(C=Cc3ccc4c(ccc5cc(N6c7ccccc7Cc7ccccc76)ccc54)c3)ccc2-c2ccc(N3c4ccccc4Cc4ccccc43)cc21. The molecule has 2 nitrogen and oxygen atoms in total. The lowest BCUT2D eigenvalue weighted by Gasteiger charge is -2.34. The standard InChI is InChI=1S/C57H42N2/c1-57(2)51-32-38(22-28-49(51)50-30-26-46(36-52(50)57)59-55-17-9-5-13-43(55)34-44-14-6-10-18-56(44)59)20-19-37-21-27-47-39(31-37)23-24-40-35-45(25-29-48(40)47)58-53-15-7-3-11-41(53)33-42-12-4-8-16-54(42)58/h3-32,35-36H,33-34H2,1-2H3. The molecule has 0 atom stereocenters. The van der Waals surface area contributed by atoms with Gasteiger partial charge in [0.25, 0.3) is 0 Å².